The highest BCUT2D eigenvalue weighted by Gasteiger charge is 2.13. The number of nitrogens with one attached hydrogen (secondary N) is 2. The zero-order valence-corrected chi connectivity index (χ0v) is 18.6. The quantitative estimate of drug-likeness (QED) is 0.223. The molecule has 0 spiro atoms. The van der Waals surface area contributed by atoms with Gasteiger partial charge in [-0.25, -0.2) is 10.2 Å². The van der Waals surface area contributed by atoms with Gasteiger partial charge in [-0.2, -0.15) is 5.10 Å². The molecule has 0 aliphatic rings. The van der Waals surface area contributed by atoms with E-state index in [4.69, 9.17) is 21.1 Å². The Morgan fingerprint density at radius 3 is 2.59 bits per heavy atom. The van der Waals surface area contributed by atoms with Gasteiger partial charge in [0.2, 0.25) is 0 Å². The average Bonchev–Trinajstić information content (AvgIpc) is 2.71. The van der Waals surface area contributed by atoms with E-state index in [1.54, 1.807) is 12.1 Å². The number of hydrazone groups is 1. The summed E-state index contributed by atoms with van der Waals surface area (Å²) in [5.41, 5.74) is 3.83. The van der Waals surface area contributed by atoms with Crippen LogP contribution in [0, 0.1) is 3.57 Å². The Morgan fingerprint density at radius 2 is 1.93 bits per heavy atom. The van der Waals surface area contributed by atoms with Gasteiger partial charge in [0, 0.05) is 9.26 Å². The summed E-state index contributed by atoms with van der Waals surface area (Å²) in [6, 6.07) is 10.8. The van der Waals surface area contributed by atoms with Crippen LogP contribution in [0.5, 0.6) is 11.5 Å². The largest absolute Gasteiger partial charge is 0.493 e. The second kappa shape index (κ2) is 11.5. The maximum absolute atomic E-state index is 11.9. The van der Waals surface area contributed by atoms with Crippen molar-refractivity contribution in [1.29, 1.82) is 0 Å². The van der Waals surface area contributed by atoms with E-state index >= 15 is 0 Å². The highest BCUT2D eigenvalue weighted by Crippen LogP contribution is 2.36. The predicted molar refractivity (Wildman–Crippen MR) is 119 cm³/mol. The van der Waals surface area contributed by atoms with E-state index in [0.29, 0.717) is 11.3 Å². The number of benzene rings is 2. The van der Waals surface area contributed by atoms with Gasteiger partial charge in [0.05, 0.1) is 32.0 Å². The Labute approximate surface area is 186 Å². The van der Waals surface area contributed by atoms with Gasteiger partial charge in [0.15, 0.2) is 18.1 Å². The first kappa shape index (κ1) is 22.8. The van der Waals surface area contributed by atoms with Crippen molar-refractivity contribution < 1.29 is 23.8 Å². The van der Waals surface area contributed by atoms with Gasteiger partial charge in [-0.3, -0.25) is 4.79 Å². The first-order valence-electron chi connectivity index (χ1n) is 8.31. The highest BCUT2D eigenvalue weighted by molar-refractivity contribution is 14.1. The molecule has 0 bridgehead atoms. The van der Waals surface area contributed by atoms with Crippen LogP contribution in [0.2, 0.25) is 5.02 Å². The van der Waals surface area contributed by atoms with Gasteiger partial charge >= 0.3 is 5.97 Å². The Morgan fingerprint density at radius 1 is 1.21 bits per heavy atom. The lowest BCUT2D eigenvalue weighted by atomic mass is 10.2. The number of amides is 1. The zero-order chi connectivity index (χ0) is 21.2. The minimum Gasteiger partial charge on any atom is -0.493 e. The molecule has 0 unspecified atom stereocenters. The SMILES string of the molecule is COC(=O)COc1c(Cl)cc(/C=N\NC(=O)CNc2ccc(I)cc2)cc1OC. The Balaban J connectivity index is 1.93. The molecule has 0 aliphatic heterocycles. The number of carbonyl (C=O) groups excluding carboxylic acids is 2. The number of carbonyl (C=O) groups is 2. The summed E-state index contributed by atoms with van der Waals surface area (Å²) < 4.78 is 16.2. The van der Waals surface area contributed by atoms with Gasteiger partial charge in [0.1, 0.15) is 0 Å². The zero-order valence-electron chi connectivity index (χ0n) is 15.7. The lowest BCUT2D eigenvalue weighted by Gasteiger charge is -2.12. The van der Waals surface area contributed by atoms with Gasteiger partial charge in [-0.05, 0) is 64.6 Å². The van der Waals surface area contributed by atoms with Gasteiger partial charge in [-0.15, -0.1) is 0 Å². The smallest absolute Gasteiger partial charge is 0.343 e. The van der Waals surface area contributed by atoms with Crippen molar-refractivity contribution in [2.75, 3.05) is 32.7 Å². The van der Waals surface area contributed by atoms with Crippen LogP contribution in [-0.4, -0.2) is 45.5 Å². The second-order valence-electron chi connectivity index (χ2n) is 5.55. The summed E-state index contributed by atoms with van der Waals surface area (Å²) >= 11 is 8.40. The number of rotatable bonds is 9. The summed E-state index contributed by atoms with van der Waals surface area (Å²) in [4.78, 5) is 23.1. The van der Waals surface area contributed by atoms with Crippen molar-refractivity contribution in [3.05, 3.63) is 50.6 Å². The van der Waals surface area contributed by atoms with Gasteiger partial charge in [0.25, 0.3) is 5.91 Å². The van der Waals surface area contributed by atoms with E-state index in [-0.39, 0.29) is 29.8 Å². The molecule has 0 fully saturated rings. The van der Waals surface area contributed by atoms with Crippen LogP contribution < -0.4 is 20.2 Å². The van der Waals surface area contributed by atoms with E-state index in [2.05, 4.69) is 43.2 Å². The fourth-order valence-electron chi connectivity index (χ4n) is 2.11. The molecule has 2 aromatic carbocycles. The fourth-order valence-corrected chi connectivity index (χ4v) is 2.75. The van der Waals surface area contributed by atoms with Crippen molar-refractivity contribution >= 4 is 58.0 Å². The molecular formula is C19H19ClIN3O5. The molecule has 8 nitrogen and oxygen atoms in total. The minimum absolute atomic E-state index is 0.0717. The molecule has 2 aromatic rings. The molecule has 0 atom stereocenters. The maximum Gasteiger partial charge on any atom is 0.343 e. The molecule has 29 heavy (non-hydrogen) atoms. The van der Waals surface area contributed by atoms with Crippen molar-refractivity contribution in [2.24, 2.45) is 5.10 Å². The molecule has 0 heterocycles. The molecule has 10 heteroatoms. The Hall–Kier alpha value is -2.53. The third-order valence-electron chi connectivity index (χ3n) is 3.51. The summed E-state index contributed by atoms with van der Waals surface area (Å²) in [5, 5.41) is 7.13. The van der Waals surface area contributed by atoms with Crippen molar-refractivity contribution in [1.82, 2.24) is 5.43 Å². The molecule has 0 radical (unpaired) electrons. The van der Waals surface area contributed by atoms with E-state index in [0.717, 1.165) is 9.26 Å². The number of anilines is 1. The number of ether oxygens (including phenoxy) is 3. The van der Waals surface area contributed by atoms with Crippen molar-refractivity contribution in [3.63, 3.8) is 0 Å². The maximum atomic E-state index is 11.9. The highest BCUT2D eigenvalue weighted by atomic mass is 127. The molecule has 2 rings (SSSR count). The van der Waals surface area contributed by atoms with Crippen LogP contribution >= 0.6 is 34.2 Å². The molecule has 2 N–H and O–H groups in total. The van der Waals surface area contributed by atoms with Crippen molar-refractivity contribution in [3.8, 4) is 11.5 Å². The normalized spacial score (nSPS) is 10.5. The lowest BCUT2D eigenvalue weighted by molar-refractivity contribution is -0.142. The lowest BCUT2D eigenvalue weighted by Crippen LogP contribution is -2.25. The summed E-state index contributed by atoms with van der Waals surface area (Å²) in [6.07, 6.45) is 1.42. The van der Waals surface area contributed by atoms with Crippen LogP contribution in [0.15, 0.2) is 41.5 Å². The molecule has 0 saturated carbocycles. The Bertz CT molecular complexity index is 890. The number of hydrogen-bond donors (Lipinski definition) is 2. The van der Waals surface area contributed by atoms with Crippen LogP contribution in [0.25, 0.3) is 0 Å². The summed E-state index contributed by atoms with van der Waals surface area (Å²) in [5.74, 6) is -0.330. The third-order valence-corrected chi connectivity index (χ3v) is 4.51. The fraction of sp³-hybridized carbons (Fsp3) is 0.211. The summed E-state index contributed by atoms with van der Waals surface area (Å²) in [7, 11) is 2.70. The van der Waals surface area contributed by atoms with Gasteiger partial charge < -0.3 is 19.5 Å². The second-order valence-corrected chi connectivity index (χ2v) is 7.21. The molecule has 0 aliphatic carbocycles. The molecule has 1 amide bonds. The van der Waals surface area contributed by atoms with E-state index in [1.165, 1.54) is 20.4 Å². The first-order chi connectivity index (χ1) is 13.9. The van der Waals surface area contributed by atoms with Crippen LogP contribution in [0.1, 0.15) is 5.56 Å². The topological polar surface area (TPSA) is 98.3 Å². The van der Waals surface area contributed by atoms with E-state index < -0.39 is 5.97 Å². The number of methoxy groups -OCH3 is 2. The number of nitrogens with zero attached hydrogens (tertiary/aromatic N) is 1. The Kier molecular flexibility index (Phi) is 9.00. The predicted octanol–water partition coefficient (Wildman–Crippen LogP) is 3.07. The van der Waals surface area contributed by atoms with E-state index in [1.807, 2.05) is 24.3 Å². The van der Waals surface area contributed by atoms with Crippen LogP contribution in [0.4, 0.5) is 5.69 Å². The third kappa shape index (κ3) is 7.42. The van der Waals surface area contributed by atoms with Gasteiger partial charge in [-0.1, -0.05) is 11.6 Å². The number of hydrogen-bond acceptors (Lipinski definition) is 7. The monoisotopic (exact) mass is 531 g/mol. The minimum atomic E-state index is -0.546. The van der Waals surface area contributed by atoms with Crippen LogP contribution in [-0.2, 0) is 14.3 Å². The average molecular weight is 532 g/mol. The molecule has 154 valence electrons. The van der Waals surface area contributed by atoms with Crippen molar-refractivity contribution in [2.45, 2.75) is 0 Å². The number of esters is 1. The molecule has 0 aromatic heterocycles. The molecular weight excluding hydrogens is 513 g/mol. The first-order valence-corrected chi connectivity index (χ1v) is 9.77. The standard InChI is InChI=1S/C19H19ClIN3O5/c1-27-16-8-12(7-15(20)19(16)29-11-18(26)28-2)9-23-24-17(25)10-22-14-5-3-13(21)4-6-14/h3-9,22H,10-11H2,1-2H3,(H,24,25)/b23-9-. The van der Waals surface area contributed by atoms with Crippen LogP contribution in [0.3, 0.4) is 0 Å². The summed E-state index contributed by atoms with van der Waals surface area (Å²) in [6.45, 7) is -0.230. The number of halogens is 2. The van der Waals surface area contributed by atoms with E-state index in [9.17, 15) is 9.59 Å². The molecule has 0 saturated heterocycles.